The Labute approximate surface area is 92.7 Å². The van der Waals surface area contributed by atoms with Crippen LogP contribution in [0, 0.1) is 0 Å². The molecule has 1 aromatic heterocycles. The summed E-state index contributed by atoms with van der Waals surface area (Å²) in [7, 11) is 0. The molecule has 0 aliphatic heterocycles. The molecule has 0 bridgehead atoms. The number of nitrogens with zero attached hydrogens (tertiary/aromatic N) is 1. The van der Waals surface area contributed by atoms with Crippen molar-refractivity contribution < 1.29 is 14.6 Å². The summed E-state index contributed by atoms with van der Waals surface area (Å²) in [6.07, 6.45) is 1.71. The summed E-state index contributed by atoms with van der Waals surface area (Å²) in [6.45, 7) is 2.08. The monoisotopic (exact) mass is 217 g/mol. The maximum absolute atomic E-state index is 11.5. The van der Waals surface area contributed by atoms with Crippen molar-refractivity contribution in [1.82, 2.24) is 4.98 Å². The van der Waals surface area contributed by atoms with Gasteiger partial charge in [-0.3, -0.25) is 9.87 Å². The van der Waals surface area contributed by atoms with Crippen LogP contribution < -0.4 is 0 Å². The summed E-state index contributed by atoms with van der Waals surface area (Å²) < 4.78 is 0. The van der Waals surface area contributed by atoms with Crippen molar-refractivity contribution in [3.63, 3.8) is 0 Å². The van der Waals surface area contributed by atoms with E-state index in [2.05, 4.69) is 14.8 Å². The maximum atomic E-state index is 11.5. The fourth-order valence-electron chi connectivity index (χ4n) is 1.36. The Morgan fingerprint density at radius 1 is 1.38 bits per heavy atom. The highest BCUT2D eigenvalue weighted by Crippen LogP contribution is 2.14. The molecule has 0 radical (unpaired) electrons. The molecule has 0 atom stereocenters. The van der Waals surface area contributed by atoms with Crippen molar-refractivity contribution in [2.75, 3.05) is 6.61 Å². The minimum absolute atomic E-state index is 0.334. The number of pyridine rings is 1. The maximum Gasteiger partial charge on any atom is 0.373 e. The first kappa shape index (κ1) is 10.6. The van der Waals surface area contributed by atoms with Crippen LogP contribution in [0.3, 0.4) is 0 Å². The van der Waals surface area contributed by atoms with E-state index in [1.807, 2.05) is 12.1 Å². The van der Waals surface area contributed by atoms with Gasteiger partial charge >= 0.3 is 5.97 Å². The Morgan fingerprint density at radius 3 is 3.06 bits per heavy atom. The molecule has 0 aliphatic carbocycles. The number of rotatable bonds is 3. The van der Waals surface area contributed by atoms with Crippen LogP contribution >= 0.6 is 0 Å². The standard InChI is InChI=1S/C12H11NO3/c1-2-15-16-12(14)10-5-6-11-9(8-10)4-3-7-13-11/h3-8H,2H2,1H3. The van der Waals surface area contributed by atoms with Crippen LogP contribution in [0.5, 0.6) is 0 Å². The van der Waals surface area contributed by atoms with Crippen LogP contribution in [0.25, 0.3) is 10.9 Å². The van der Waals surface area contributed by atoms with Gasteiger partial charge in [0.05, 0.1) is 17.7 Å². The summed E-state index contributed by atoms with van der Waals surface area (Å²) in [6, 6.07) is 8.87. The molecule has 82 valence electrons. The van der Waals surface area contributed by atoms with E-state index >= 15 is 0 Å². The normalized spacial score (nSPS) is 10.3. The highest BCUT2D eigenvalue weighted by atomic mass is 17.2. The number of carbonyl (C=O) groups is 1. The molecule has 2 aromatic rings. The molecule has 0 amide bonds. The lowest BCUT2D eigenvalue weighted by atomic mass is 10.1. The Hall–Kier alpha value is -1.94. The zero-order valence-electron chi connectivity index (χ0n) is 8.84. The van der Waals surface area contributed by atoms with E-state index in [0.29, 0.717) is 12.2 Å². The number of benzene rings is 1. The fourth-order valence-corrected chi connectivity index (χ4v) is 1.36. The molecule has 4 heteroatoms. The van der Waals surface area contributed by atoms with E-state index in [1.165, 1.54) is 0 Å². The van der Waals surface area contributed by atoms with Gasteiger partial charge in [0.15, 0.2) is 0 Å². The zero-order valence-corrected chi connectivity index (χ0v) is 8.84. The van der Waals surface area contributed by atoms with E-state index in [9.17, 15) is 4.79 Å². The van der Waals surface area contributed by atoms with Crippen molar-refractivity contribution in [3.8, 4) is 0 Å². The molecule has 1 aromatic carbocycles. The molecule has 0 unspecified atom stereocenters. The number of hydrogen-bond donors (Lipinski definition) is 0. The largest absolute Gasteiger partial charge is 0.373 e. The van der Waals surface area contributed by atoms with Gasteiger partial charge in [0.1, 0.15) is 0 Å². The van der Waals surface area contributed by atoms with Gasteiger partial charge in [-0.15, -0.1) is 0 Å². The lowest BCUT2D eigenvalue weighted by Crippen LogP contribution is -2.05. The minimum atomic E-state index is -0.493. The van der Waals surface area contributed by atoms with Crippen LogP contribution in [0.2, 0.25) is 0 Å². The second-order valence-electron chi connectivity index (χ2n) is 3.19. The van der Waals surface area contributed by atoms with E-state index in [1.54, 1.807) is 31.3 Å². The summed E-state index contributed by atoms with van der Waals surface area (Å²) in [5, 5.41) is 0.897. The van der Waals surface area contributed by atoms with Gasteiger partial charge in [0.25, 0.3) is 0 Å². The molecule has 4 nitrogen and oxygen atoms in total. The highest BCUT2D eigenvalue weighted by Gasteiger charge is 2.08. The summed E-state index contributed by atoms with van der Waals surface area (Å²) in [5.41, 5.74) is 1.30. The highest BCUT2D eigenvalue weighted by molar-refractivity contribution is 5.94. The van der Waals surface area contributed by atoms with Crippen molar-refractivity contribution in [2.45, 2.75) is 6.92 Å². The van der Waals surface area contributed by atoms with Crippen LogP contribution in [0.1, 0.15) is 17.3 Å². The molecule has 0 aliphatic rings. The van der Waals surface area contributed by atoms with Crippen molar-refractivity contribution in [2.24, 2.45) is 0 Å². The summed E-state index contributed by atoms with van der Waals surface area (Å²) >= 11 is 0. The predicted molar refractivity (Wildman–Crippen MR) is 58.8 cm³/mol. The lowest BCUT2D eigenvalue weighted by Gasteiger charge is -2.02. The van der Waals surface area contributed by atoms with Gasteiger partial charge in [-0.25, -0.2) is 4.79 Å². The van der Waals surface area contributed by atoms with Gasteiger partial charge in [-0.05, 0) is 31.2 Å². The molecule has 2 rings (SSSR count). The molecular weight excluding hydrogens is 206 g/mol. The number of aromatic nitrogens is 1. The van der Waals surface area contributed by atoms with Crippen LogP contribution in [-0.4, -0.2) is 17.6 Å². The predicted octanol–water partition coefficient (Wildman–Crippen LogP) is 2.34. The Morgan fingerprint density at radius 2 is 2.25 bits per heavy atom. The van der Waals surface area contributed by atoms with E-state index in [-0.39, 0.29) is 0 Å². The van der Waals surface area contributed by atoms with Gasteiger partial charge < -0.3 is 0 Å². The average Bonchev–Trinajstić information content (AvgIpc) is 2.35. The van der Waals surface area contributed by atoms with Crippen LogP contribution in [0.4, 0.5) is 0 Å². The first-order valence-electron chi connectivity index (χ1n) is 5.00. The Bertz CT molecular complexity index is 510. The molecule has 16 heavy (non-hydrogen) atoms. The smallest absolute Gasteiger partial charge is 0.293 e. The third-order valence-electron chi connectivity index (χ3n) is 2.09. The molecule has 0 spiro atoms. The number of fused-ring (bicyclic) bond motifs is 1. The van der Waals surface area contributed by atoms with Crippen LogP contribution in [-0.2, 0) is 9.78 Å². The second kappa shape index (κ2) is 4.72. The fraction of sp³-hybridized carbons (Fsp3) is 0.167. The van der Waals surface area contributed by atoms with Gasteiger partial charge in [0.2, 0.25) is 0 Å². The van der Waals surface area contributed by atoms with E-state index < -0.39 is 5.97 Å². The molecular formula is C12H11NO3. The van der Waals surface area contributed by atoms with Gasteiger partial charge in [0, 0.05) is 11.6 Å². The van der Waals surface area contributed by atoms with Gasteiger partial charge in [-0.1, -0.05) is 6.07 Å². The molecule has 0 saturated heterocycles. The quantitative estimate of drug-likeness (QED) is 0.584. The average molecular weight is 217 g/mol. The number of carbonyl (C=O) groups excluding carboxylic acids is 1. The molecule has 1 heterocycles. The Kier molecular flexibility index (Phi) is 3.12. The minimum Gasteiger partial charge on any atom is -0.293 e. The van der Waals surface area contributed by atoms with E-state index in [0.717, 1.165) is 10.9 Å². The van der Waals surface area contributed by atoms with Crippen molar-refractivity contribution in [3.05, 3.63) is 42.1 Å². The molecule has 0 saturated carbocycles. The topological polar surface area (TPSA) is 48.4 Å². The van der Waals surface area contributed by atoms with Crippen LogP contribution in [0.15, 0.2) is 36.5 Å². The molecule has 0 fully saturated rings. The first-order chi connectivity index (χ1) is 7.81. The zero-order chi connectivity index (χ0) is 11.4. The lowest BCUT2D eigenvalue weighted by molar-refractivity contribution is -0.236. The Balaban J connectivity index is 2.28. The summed E-state index contributed by atoms with van der Waals surface area (Å²) in [5.74, 6) is -0.493. The van der Waals surface area contributed by atoms with Crippen molar-refractivity contribution in [1.29, 1.82) is 0 Å². The summed E-state index contributed by atoms with van der Waals surface area (Å²) in [4.78, 5) is 24.8. The van der Waals surface area contributed by atoms with Gasteiger partial charge in [-0.2, -0.15) is 4.89 Å². The number of hydrogen-bond acceptors (Lipinski definition) is 4. The SMILES string of the molecule is CCOOC(=O)c1ccc2ncccc2c1. The first-order valence-corrected chi connectivity index (χ1v) is 5.00. The second-order valence-corrected chi connectivity index (χ2v) is 3.19. The van der Waals surface area contributed by atoms with E-state index in [4.69, 9.17) is 0 Å². The van der Waals surface area contributed by atoms with Crippen molar-refractivity contribution >= 4 is 16.9 Å². The third-order valence-corrected chi connectivity index (χ3v) is 2.09. The third kappa shape index (κ3) is 2.17. The molecule has 0 N–H and O–H groups in total.